The summed E-state index contributed by atoms with van der Waals surface area (Å²) >= 11 is 0. The summed E-state index contributed by atoms with van der Waals surface area (Å²) in [6, 6.07) is 15.8. The molecule has 1 aliphatic rings. The predicted molar refractivity (Wildman–Crippen MR) is 103 cm³/mol. The predicted octanol–water partition coefficient (Wildman–Crippen LogP) is 2.65. The number of hydrogen-bond acceptors (Lipinski definition) is 3. The van der Waals surface area contributed by atoms with Gasteiger partial charge in [0.25, 0.3) is 5.91 Å². The first-order chi connectivity index (χ1) is 13.0. The van der Waals surface area contributed by atoms with Crippen molar-refractivity contribution in [1.82, 2.24) is 10.2 Å². The van der Waals surface area contributed by atoms with Gasteiger partial charge in [-0.15, -0.1) is 0 Å². The van der Waals surface area contributed by atoms with Gasteiger partial charge in [-0.1, -0.05) is 30.3 Å². The third-order valence-corrected chi connectivity index (χ3v) is 4.41. The van der Waals surface area contributed by atoms with Crippen molar-refractivity contribution >= 4 is 23.6 Å². The molecule has 0 saturated carbocycles. The molecule has 0 bridgehead atoms. The summed E-state index contributed by atoms with van der Waals surface area (Å²) < 4.78 is 13.1. The molecule has 3 rings (SSSR count). The normalized spacial score (nSPS) is 14.8. The molecule has 6 heteroatoms. The molecule has 27 heavy (non-hydrogen) atoms. The zero-order valence-corrected chi connectivity index (χ0v) is 15.2. The Hall–Kier alpha value is -3.15. The number of halogens is 1. The minimum Gasteiger partial charge on any atom is -0.368 e. The van der Waals surface area contributed by atoms with E-state index in [1.54, 1.807) is 23.1 Å². The first-order valence-electron chi connectivity index (χ1n) is 8.87. The van der Waals surface area contributed by atoms with Crippen LogP contribution in [-0.4, -0.2) is 42.9 Å². The molecular weight excluding hydrogens is 345 g/mol. The fourth-order valence-electron chi connectivity index (χ4n) is 3.05. The fourth-order valence-corrected chi connectivity index (χ4v) is 3.05. The van der Waals surface area contributed by atoms with Crippen LogP contribution in [0.15, 0.2) is 60.3 Å². The molecule has 1 fully saturated rings. The van der Waals surface area contributed by atoms with Crippen LogP contribution in [0.2, 0.25) is 0 Å². The monoisotopic (exact) mass is 367 g/mol. The number of rotatable bonds is 4. The van der Waals surface area contributed by atoms with Crippen LogP contribution in [0.4, 0.5) is 10.1 Å². The Bertz CT molecular complexity index is 826. The number of nitrogens with one attached hydrogen (secondary N) is 1. The lowest BCUT2D eigenvalue weighted by molar-refractivity contribution is -0.129. The largest absolute Gasteiger partial charge is 0.368 e. The van der Waals surface area contributed by atoms with Crippen LogP contribution in [-0.2, 0) is 9.59 Å². The second-order valence-electron chi connectivity index (χ2n) is 6.41. The summed E-state index contributed by atoms with van der Waals surface area (Å²) in [6.45, 7) is 3.74. The van der Waals surface area contributed by atoms with Gasteiger partial charge >= 0.3 is 0 Å². The first-order valence-corrected chi connectivity index (χ1v) is 8.87. The molecule has 0 atom stereocenters. The molecule has 0 radical (unpaired) electrons. The number of piperazine rings is 1. The number of amides is 2. The number of hydrogen-bond donors (Lipinski definition) is 1. The van der Waals surface area contributed by atoms with Crippen molar-refractivity contribution in [2.75, 3.05) is 31.1 Å². The molecule has 5 nitrogen and oxygen atoms in total. The Morgan fingerprint density at radius 2 is 1.59 bits per heavy atom. The number of carbonyl (C=O) groups excluding carboxylic acids is 2. The Balaban J connectivity index is 1.69. The quantitative estimate of drug-likeness (QED) is 0.846. The summed E-state index contributed by atoms with van der Waals surface area (Å²) in [5, 5.41) is 2.65. The molecular formula is C21H22FN3O2. The Morgan fingerprint density at radius 3 is 2.19 bits per heavy atom. The molecule has 140 valence electrons. The van der Waals surface area contributed by atoms with E-state index in [0.29, 0.717) is 26.2 Å². The van der Waals surface area contributed by atoms with Crippen molar-refractivity contribution in [2.45, 2.75) is 6.92 Å². The highest BCUT2D eigenvalue weighted by molar-refractivity contribution is 6.01. The number of nitrogens with zero attached hydrogens (tertiary/aromatic N) is 2. The molecule has 1 heterocycles. The molecule has 0 unspecified atom stereocenters. The van der Waals surface area contributed by atoms with Gasteiger partial charge in [0.15, 0.2) is 0 Å². The van der Waals surface area contributed by atoms with Crippen molar-refractivity contribution in [3.8, 4) is 0 Å². The zero-order chi connectivity index (χ0) is 19.2. The van der Waals surface area contributed by atoms with Crippen LogP contribution < -0.4 is 10.2 Å². The summed E-state index contributed by atoms with van der Waals surface area (Å²) in [5.41, 5.74) is 2.05. The lowest BCUT2D eigenvalue weighted by Gasteiger charge is -2.36. The van der Waals surface area contributed by atoms with E-state index in [0.717, 1.165) is 11.3 Å². The van der Waals surface area contributed by atoms with Crippen molar-refractivity contribution < 1.29 is 14.0 Å². The standard InChI is InChI=1S/C21H22FN3O2/c1-16(26)23-20(15-17-5-3-2-4-6-17)21(27)25-13-11-24(12-14-25)19-9-7-18(22)8-10-19/h2-10,15H,11-14H2,1H3,(H,23,26)/b20-15+. The molecule has 0 spiro atoms. The Labute approximate surface area is 158 Å². The summed E-state index contributed by atoms with van der Waals surface area (Å²) in [7, 11) is 0. The van der Waals surface area contributed by atoms with E-state index >= 15 is 0 Å². The van der Waals surface area contributed by atoms with Crippen LogP contribution in [0.3, 0.4) is 0 Å². The number of benzene rings is 2. The molecule has 1 N–H and O–H groups in total. The highest BCUT2D eigenvalue weighted by Crippen LogP contribution is 2.18. The van der Waals surface area contributed by atoms with E-state index < -0.39 is 0 Å². The van der Waals surface area contributed by atoms with E-state index in [1.165, 1.54) is 19.1 Å². The minimum absolute atomic E-state index is 0.201. The van der Waals surface area contributed by atoms with Crippen molar-refractivity contribution in [1.29, 1.82) is 0 Å². The highest BCUT2D eigenvalue weighted by atomic mass is 19.1. The number of carbonyl (C=O) groups is 2. The SMILES string of the molecule is CC(=O)N/C(=C/c1ccccc1)C(=O)N1CCN(c2ccc(F)cc2)CC1. The highest BCUT2D eigenvalue weighted by Gasteiger charge is 2.24. The molecule has 2 amide bonds. The average Bonchev–Trinajstić information content (AvgIpc) is 2.68. The van der Waals surface area contributed by atoms with E-state index in [2.05, 4.69) is 10.2 Å². The molecule has 1 saturated heterocycles. The van der Waals surface area contributed by atoms with Gasteiger partial charge < -0.3 is 15.1 Å². The molecule has 1 aliphatic heterocycles. The van der Waals surface area contributed by atoms with Gasteiger partial charge in [-0.25, -0.2) is 4.39 Å². The lowest BCUT2D eigenvalue weighted by Crippen LogP contribution is -2.50. The molecule has 2 aromatic rings. The van der Waals surface area contributed by atoms with E-state index in [4.69, 9.17) is 0 Å². The maximum absolute atomic E-state index is 13.1. The molecule has 0 aliphatic carbocycles. The van der Waals surface area contributed by atoms with Gasteiger partial charge in [-0.3, -0.25) is 9.59 Å². The van der Waals surface area contributed by atoms with E-state index in [-0.39, 0.29) is 23.3 Å². The van der Waals surface area contributed by atoms with E-state index in [9.17, 15) is 14.0 Å². The third kappa shape index (κ3) is 4.94. The van der Waals surface area contributed by atoms with Gasteiger partial charge in [0.2, 0.25) is 5.91 Å². The fraction of sp³-hybridized carbons (Fsp3) is 0.238. The van der Waals surface area contributed by atoms with Gasteiger partial charge in [0, 0.05) is 38.8 Å². The Morgan fingerprint density at radius 1 is 0.963 bits per heavy atom. The van der Waals surface area contributed by atoms with Crippen LogP contribution in [0, 0.1) is 5.82 Å². The summed E-state index contributed by atoms with van der Waals surface area (Å²) in [6.07, 6.45) is 1.69. The Kier molecular flexibility index (Phi) is 5.86. The van der Waals surface area contributed by atoms with Crippen LogP contribution in [0.5, 0.6) is 0 Å². The molecule has 2 aromatic carbocycles. The average molecular weight is 367 g/mol. The van der Waals surface area contributed by atoms with Crippen molar-refractivity contribution in [2.24, 2.45) is 0 Å². The van der Waals surface area contributed by atoms with Gasteiger partial charge in [-0.05, 0) is 35.9 Å². The van der Waals surface area contributed by atoms with Crippen molar-refractivity contribution in [3.05, 3.63) is 71.7 Å². The second kappa shape index (κ2) is 8.49. The minimum atomic E-state index is -0.282. The topological polar surface area (TPSA) is 52.7 Å². The smallest absolute Gasteiger partial charge is 0.270 e. The van der Waals surface area contributed by atoms with Gasteiger partial charge in [-0.2, -0.15) is 0 Å². The van der Waals surface area contributed by atoms with Crippen LogP contribution >= 0.6 is 0 Å². The maximum atomic E-state index is 13.1. The van der Waals surface area contributed by atoms with Crippen LogP contribution in [0.1, 0.15) is 12.5 Å². The third-order valence-electron chi connectivity index (χ3n) is 4.41. The molecule has 0 aromatic heterocycles. The zero-order valence-electron chi connectivity index (χ0n) is 15.2. The number of anilines is 1. The van der Waals surface area contributed by atoms with Crippen LogP contribution in [0.25, 0.3) is 6.08 Å². The van der Waals surface area contributed by atoms with E-state index in [1.807, 2.05) is 30.3 Å². The first kappa shape index (κ1) is 18.6. The summed E-state index contributed by atoms with van der Waals surface area (Å²) in [4.78, 5) is 28.3. The maximum Gasteiger partial charge on any atom is 0.270 e. The van der Waals surface area contributed by atoms with Crippen molar-refractivity contribution in [3.63, 3.8) is 0 Å². The summed E-state index contributed by atoms with van der Waals surface area (Å²) in [5.74, 6) is -0.748. The van der Waals surface area contributed by atoms with Gasteiger partial charge in [0.1, 0.15) is 11.5 Å². The van der Waals surface area contributed by atoms with Gasteiger partial charge in [0.05, 0.1) is 0 Å². The lowest BCUT2D eigenvalue weighted by atomic mass is 10.1. The second-order valence-corrected chi connectivity index (χ2v) is 6.41.